The van der Waals surface area contributed by atoms with Crippen molar-refractivity contribution in [3.05, 3.63) is 35.9 Å². The molecule has 2 unspecified atom stereocenters. The van der Waals surface area contributed by atoms with E-state index in [0.29, 0.717) is 18.5 Å². The summed E-state index contributed by atoms with van der Waals surface area (Å²) in [4.78, 5) is 7.01. The second-order valence-electron chi connectivity index (χ2n) is 6.42. The molecule has 2 atom stereocenters. The lowest BCUT2D eigenvalue weighted by molar-refractivity contribution is 0.179. The number of hydrogen-bond donors (Lipinski definition) is 2. The molecule has 6 heteroatoms. The van der Waals surface area contributed by atoms with Crippen molar-refractivity contribution in [2.24, 2.45) is 16.6 Å². The van der Waals surface area contributed by atoms with Crippen LogP contribution in [0, 0.1) is 5.92 Å². The van der Waals surface area contributed by atoms with Gasteiger partial charge in [0.15, 0.2) is 5.96 Å². The summed E-state index contributed by atoms with van der Waals surface area (Å²) >= 11 is 0. The minimum Gasteiger partial charge on any atom is -0.383 e. The van der Waals surface area contributed by atoms with Gasteiger partial charge in [-0.15, -0.1) is 24.0 Å². The van der Waals surface area contributed by atoms with E-state index in [9.17, 15) is 0 Å². The van der Waals surface area contributed by atoms with Gasteiger partial charge in [-0.1, -0.05) is 30.3 Å². The first-order chi connectivity index (χ1) is 11.2. The minimum atomic E-state index is 0. The van der Waals surface area contributed by atoms with Gasteiger partial charge >= 0.3 is 0 Å². The molecule has 5 nitrogen and oxygen atoms in total. The van der Waals surface area contributed by atoms with Crippen molar-refractivity contribution in [2.75, 3.05) is 39.9 Å². The van der Waals surface area contributed by atoms with E-state index in [4.69, 9.17) is 10.5 Å². The maximum absolute atomic E-state index is 5.92. The number of nitrogens with one attached hydrogen (secondary N) is 1. The number of nitrogens with zero attached hydrogens (tertiary/aromatic N) is 2. The van der Waals surface area contributed by atoms with Crippen LogP contribution in [0.15, 0.2) is 35.3 Å². The molecule has 0 bridgehead atoms. The van der Waals surface area contributed by atoms with Crippen LogP contribution in [-0.2, 0) is 11.2 Å². The molecule has 3 N–H and O–H groups in total. The van der Waals surface area contributed by atoms with Gasteiger partial charge in [-0.25, -0.2) is 0 Å². The molecule has 136 valence electrons. The standard InChI is InChI=1S/C18H30N4O.HI/c1-15(14-23-2)21-18(19)20-12-17-9-11-22(13-17)10-8-16-6-4-3-5-7-16;/h3-7,15,17H,8-14H2,1-2H3,(H3,19,20,21);1H. The Morgan fingerprint density at radius 3 is 2.88 bits per heavy atom. The first-order valence-electron chi connectivity index (χ1n) is 8.49. The van der Waals surface area contributed by atoms with Crippen molar-refractivity contribution < 1.29 is 4.74 Å². The third kappa shape index (κ3) is 7.81. The number of rotatable bonds is 8. The zero-order chi connectivity index (χ0) is 16.5. The summed E-state index contributed by atoms with van der Waals surface area (Å²) in [5.41, 5.74) is 7.33. The molecular weight excluding hydrogens is 415 g/mol. The van der Waals surface area contributed by atoms with E-state index in [1.54, 1.807) is 7.11 Å². The molecule has 0 aromatic heterocycles. The lowest BCUT2D eigenvalue weighted by atomic mass is 10.1. The highest BCUT2D eigenvalue weighted by atomic mass is 127. The third-order valence-corrected chi connectivity index (χ3v) is 4.26. The molecule has 2 rings (SSSR count). The van der Waals surface area contributed by atoms with Crippen molar-refractivity contribution in [3.8, 4) is 0 Å². The molecule has 0 amide bonds. The van der Waals surface area contributed by atoms with Gasteiger partial charge in [-0.3, -0.25) is 4.99 Å². The average Bonchev–Trinajstić information content (AvgIpc) is 3.00. The minimum absolute atomic E-state index is 0. The van der Waals surface area contributed by atoms with E-state index in [-0.39, 0.29) is 30.0 Å². The Morgan fingerprint density at radius 1 is 1.42 bits per heavy atom. The van der Waals surface area contributed by atoms with E-state index in [1.807, 2.05) is 6.92 Å². The number of likely N-dealkylation sites (tertiary alicyclic amines) is 1. The van der Waals surface area contributed by atoms with Gasteiger partial charge in [-0.2, -0.15) is 0 Å². The monoisotopic (exact) mass is 446 g/mol. The summed E-state index contributed by atoms with van der Waals surface area (Å²) in [7, 11) is 1.69. The normalized spacial score (nSPS) is 19.8. The molecule has 1 aliphatic rings. The highest BCUT2D eigenvalue weighted by Crippen LogP contribution is 2.17. The Hall–Kier alpha value is -0.860. The Balaban J connectivity index is 0.00000288. The van der Waals surface area contributed by atoms with Crippen LogP contribution in [0.5, 0.6) is 0 Å². The summed E-state index contributed by atoms with van der Waals surface area (Å²) in [5, 5.41) is 3.15. The maximum Gasteiger partial charge on any atom is 0.188 e. The van der Waals surface area contributed by atoms with E-state index >= 15 is 0 Å². The van der Waals surface area contributed by atoms with Gasteiger partial charge in [0.2, 0.25) is 0 Å². The first kappa shape index (κ1) is 21.2. The molecule has 1 aromatic carbocycles. The maximum atomic E-state index is 5.92. The molecule has 1 aromatic rings. The fraction of sp³-hybridized carbons (Fsp3) is 0.611. The van der Waals surface area contributed by atoms with Gasteiger partial charge in [0.1, 0.15) is 0 Å². The highest BCUT2D eigenvalue weighted by molar-refractivity contribution is 14.0. The van der Waals surface area contributed by atoms with Gasteiger partial charge < -0.3 is 20.7 Å². The zero-order valence-corrected chi connectivity index (χ0v) is 17.1. The predicted octanol–water partition coefficient (Wildman–Crippen LogP) is 2.11. The second kappa shape index (κ2) is 11.7. The molecule has 0 saturated carbocycles. The zero-order valence-electron chi connectivity index (χ0n) is 14.8. The van der Waals surface area contributed by atoms with Crippen LogP contribution in [0.2, 0.25) is 0 Å². The first-order valence-corrected chi connectivity index (χ1v) is 8.49. The SMILES string of the molecule is COCC(C)NC(N)=NCC1CCN(CCc2ccccc2)C1.I. The fourth-order valence-corrected chi connectivity index (χ4v) is 3.01. The van der Waals surface area contributed by atoms with Crippen LogP contribution in [-0.4, -0.2) is 56.8 Å². The summed E-state index contributed by atoms with van der Waals surface area (Å²) in [6, 6.07) is 10.9. The quantitative estimate of drug-likeness (QED) is 0.365. The van der Waals surface area contributed by atoms with Crippen molar-refractivity contribution in [3.63, 3.8) is 0 Å². The smallest absolute Gasteiger partial charge is 0.188 e. The highest BCUT2D eigenvalue weighted by Gasteiger charge is 2.21. The van der Waals surface area contributed by atoms with E-state index in [1.165, 1.54) is 18.5 Å². The van der Waals surface area contributed by atoms with Crippen molar-refractivity contribution in [1.82, 2.24) is 10.2 Å². The molecule has 0 spiro atoms. The van der Waals surface area contributed by atoms with Crippen LogP contribution in [0.3, 0.4) is 0 Å². The second-order valence-corrected chi connectivity index (χ2v) is 6.42. The van der Waals surface area contributed by atoms with E-state index in [0.717, 1.165) is 26.1 Å². The number of ether oxygens (including phenoxy) is 1. The summed E-state index contributed by atoms with van der Waals surface area (Å²) in [6.45, 7) is 6.89. The fourth-order valence-electron chi connectivity index (χ4n) is 3.01. The van der Waals surface area contributed by atoms with E-state index in [2.05, 4.69) is 45.5 Å². The predicted molar refractivity (Wildman–Crippen MR) is 111 cm³/mol. The van der Waals surface area contributed by atoms with Crippen LogP contribution >= 0.6 is 24.0 Å². The van der Waals surface area contributed by atoms with Gasteiger partial charge in [-0.05, 0) is 37.8 Å². The Bertz CT molecular complexity index is 483. The summed E-state index contributed by atoms with van der Waals surface area (Å²) in [6.07, 6.45) is 2.33. The lowest BCUT2D eigenvalue weighted by Crippen LogP contribution is -2.41. The van der Waals surface area contributed by atoms with Crippen LogP contribution in [0.4, 0.5) is 0 Å². The van der Waals surface area contributed by atoms with Gasteiger partial charge in [0, 0.05) is 32.8 Å². The third-order valence-electron chi connectivity index (χ3n) is 4.26. The van der Waals surface area contributed by atoms with Crippen LogP contribution < -0.4 is 11.1 Å². The number of nitrogens with two attached hydrogens (primary N) is 1. The van der Waals surface area contributed by atoms with Crippen LogP contribution in [0.1, 0.15) is 18.9 Å². The molecule has 1 heterocycles. The Labute approximate surface area is 163 Å². The molecule has 1 fully saturated rings. The van der Waals surface area contributed by atoms with Gasteiger partial charge in [0.25, 0.3) is 0 Å². The number of hydrogen-bond acceptors (Lipinski definition) is 3. The topological polar surface area (TPSA) is 62.9 Å². The molecule has 0 aliphatic carbocycles. The molecule has 1 saturated heterocycles. The summed E-state index contributed by atoms with van der Waals surface area (Å²) in [5.74, 6) is 1.14. The molecule has 0 radical (unpaired) electrons. The Morgan fingerprint density at radius 2 is 2.17 bits per heavy atom. The Kier molecular flexibility index (Phi) is 10.3. The average molecular weight is 446 g/mol. The van der Waals surface area contributed by atoms with Crippen molar-refractivity contribution in [1.29, 1.82) is 0 Å². The van der Waals surface area contributed by atoms with E-state index < -0.39 is 0 Å². The largest absolute Gasteiger partial charge is 0.383 e. The van der Waals surface area contributed by atoms with Gasteiger partial charge in [0.05, 0.1) is 6.61 Å². The number of aliphatic imine (C=N–C) groups is 1. The number of guanidine groups is 1. The van der Waals surface area contributed by atoms with Crippen LogP contribution in [0.25, 0.3) is 0 Å². The summed E-state index contributed by atoms with van der Waals surface area (Å²) < 4.78 is 5.08. The molecule has 1 aliphatic heterocycles. The molecular formula is C18H31IN4O. The molecule has 24 heavy (non-hydrogen) atoms. The number of benzene rings is 1. The number of halogens is 1. The van der Waals surface area contributed by atoms with Crippen molar-refractivity contribution in [2.45, 2.75) is 25.8 Å². The lowest BCUT2D eigenvalue weighted by Gasteiger charge is -2.16. The number of methoxy groups -OCH3 is 1. The van der Waals surface area contributed by atoms with Crippen molar-refractivity contribution >= 4 is 29.9 Å².